The van der Waals surface area contributed by atoms with Crippen LogP contribution in [0.3, 0.4) is 0 Å². The molecule has 9 nitrogen and oxygen atoms in total. The van der Waals surface area contributed by atoms with Crippen LogP contribution in [0.1, 0.15) is 46.7 Å². The molecule has 1 aromatic heterocycles. The van der Waals surface area contributed by atoms with E-state index in [4.69, 9.17) is 11.6 Å². The van der Waals surface area contributed by atoms with Crippen LogP contribution in [0.2, 0.25) is 5.02 Å². The predicted octanol–water partition coefficient (Wildman–Crippen LogP) is 1.94. The molecule has 2 aromatic rings. The normalized spacial score (nSPS) is 20.7. The van der Waals surface area contributed by atoms with E-state index in [1.165, 1.54) is 38.8 Å². The molecule has 2 heterocycles. The van der Waals surface area contributed by atoms with E-state index in [9.17, 15) is 28.7 Å². The van der Waals surface area contributed by atoms with Gasteiger partial charge in [-0.3, -0.25) is 19.2 Å². The minimum Gasteiger partial charge on any atom is -0.503 e. The number of aromatic nitrogens is 1. The van der Waals surface area contributed by atoms with Gasteiger partial charge >= 0.3 is 0 Å². The molecular formula is C24H26ClFN4O5. The van der Waals surface area contributed by atoms with Gasteiger partial charge in [-0.25, -0.2) is 4.39 Å². The molecule has 1 saturated carbocycles. The number of fused-ring (bicyclic) bond motifs is 2. The highest BCUT2D eigenvalue weighted by Crippen LogP contribution is 2.55. The smallest absolute Gasteiger partial charge is 0.274 e. The topological polar surface area (TPSA) is 112 Å². The standard InChI is InChI=1S/C24H26ClFN4O5/c1-12(2)29-11-24(8-15(24)22(34)28(3)4)30-10-14(19(31)20(32)18(30)23(29)35)21(33)27-9-13-6-5-7-16(25)17(13)26/h5-7,10,12,15,32H,8-9,11H2,1-4H3,(H,27,33). The third-order valence-corrected chi connectivity index (χ3v) is 6.99. The van der Waals surface area contributed by atoms with Gasteiger partial charge in [-0.1, -0.05) is 23.7 Å². The van der Waals surface area contributed by atoms with Crippen LogP contribution in [0.4, 0.5) is 4.39 Å². The summed E-state index contributed by atoms with van der Waals surface area (Å²) in [6.07, 6.45) is 1.60. The molecule has 0 bridgehead atoms. The quantitative estimate of drug-likeness (QED) is 0.646. The molecular weight excluding hydrogens is 479 g/mol. The fraction of sp³-hybridized carbons (Fsp3) is 0.417. The second-order valence-electron chi connectivity index (χ2n) is 9.45. The third-order valence-electron chi connectivity index (χ3n) is 6.69. The van der Waals surface area contributed by atoms with Gasteiger partial charge in [0.25, 0.3) is 11.8 Å². The number of aromatic hydroxyl groups is 1. The Morgan fingerprint density at radius 3 is 2.63 bits per heavy atom. The average molecular weight is 505 g/mol. The zero-order valence-corrected chi connectivity index (χ0v) is 20.5. The van der Waals surface area contributed by atoms with E-state index < -0.39 is 45.8 Å². The zero-order valence-electron chi connectivity index (χ0n) is 19.8. The number of benzene rings is 1. The number of rotatable bonds is 5. The summed E-state index contributed by atoms with van der Waals surface area (Å²) < 4.78 is 15.6. The van der Waals surface area contributed by atoms with E-state index >= 15 is 0 Å². The van der Waals surface area contributed by atoms with Gasteiger partial charge in [0.05, 0.1) is 16.5 Å². The molecule has 186 valence electrons. The molecule has 2 unspecified atom stereocenters. The second-order valence-corrected chi connectivity index (χ2v) is 9.86. The highest BCUT2D eigenvalue weighted by atomic mass is 35.5. The molecule has 4 rings (SSSR count). The van der Waals surface area contributed by atoms with Crippen LogP contribution >= 0.6 is 11.6 Å². The fourth-order valence-corrected chi connectivity index (χ4v) is 4.83. The highest BCUT2D eigenvalue weighted by Gasteiger charge is 2.64. The Balaban J connectivity index is 1.76. The van der Waals surface area contributed by atoms with Crippen LogP contribution in [0.25, 0.3) is 0 Å². The van der Waals surface area contributed by atoms with Gasteiger partial charge in [0.1, 0.15) is 11.4 Å². The Morgan fingerprint density at radius 2 is 2.00 bits per heavy atom. The van der Waals surface area contributed by atoms with Gasteiger partial charge in [0.15, 0.2) is 11.4 Å². The fourth-order valence-electron chi connectivity index (χ4n) is 4.63. The number of pyridine rings is 1. The van der Waals surface area contributed by atoms with Crippen molar-refractivity contribution < 1.29 is 23.9 Å². The molecule has 11 heteroatoms. The largest absolute Gasteiger partial charge is 0.503 e. The molecule has 2 aliphatic rings. The molecule has 1 fully saturated rings. The van der Waals surface area contributed by atoms with Gasteiger partial charge in [-0.2, -0.15) is 0 Å². The first-order chi connectivity index (χ1) is 16.4. The van der Waals surface area contributed by atoms with Crippen molar-refractivity contribution in [3.63, 3.8) is 0 Å². The Kier molecular flexibility index (Phi) is 6.12. The summed E-state index contributed by atoms with van der Waals surface area (Å²) in [7, 11) is 3.25. The molecule has 0 radical (unpaired) electrons. The molecule has 2 N–H and O–H groups in total. The number of halogens is 2. The number of hydrogen-bond acceptors (Lipinski definition) is 5. The lowest BCUT2D eigenvalue weighted by atomic mass is 10.0. The van der Waals surface area contributed by atoms with Crippen molar-refractivity contribution in [2.75, 3.05) is 20.6 Å². The van der Waals surface area contributed by atoms with Gasteiger partial charge in [0.2, 0.25) is 11.3 Å². The van der Waals surface area contributed by atoms with Crippen LogP contribution in [0.15, 0.2) is 29.2 Å². The lowest BCUT2D eigenvalue weighted by Gasteiger charge is -2.39. The lowest BCUT2D eigenvalue weighted by Crippen LogP contribution is -2.53. The Morgan fingerprint density at radius 1 is 1.31 bits per heavy atom. The summed E-state index contributed by atoms with van der Waals surface area (Å²) in [5.41, 5.74) is -2.46. The van der Waals surface area contributed by atoms with Crippen molar-refractivity contribution in [3.05, 3.63) is 62.3 Å². The van der Waals surface area contributed by atoms with Crippen molar-refractivity contribution in [1.82, 2.24) is 19.7 Å². The van der Waals surface area contributed by atoms with Crippen molar-refractivity contribution in [2.45, 2.75) is 38.4 Å². The Bertz CT molecular complexity index is 1310. The van der Waals surface area contributed by atoms with E-state index in [1.807, 2.05) is 0 Å². The highest BCUT2D eigenvalue weighted by molar-refractivity contribution is 6.30. The average Bonchev–Trinajstić information content (AvgIpc) is 3.52. The number of hydrogen-bond donors (Lipinski definition) is 2. The van der Waals surface area contributed by atoms with Crippen LogP contribution in [0.5, 0.6) is 5.75 Å². The number of amides is 3. The van der Waals surface area contributed by atoms with Crippen LogP contribution in [-0.4, -0.2) is 63.9 Å². The van der Waals surface area contributed by atoms with Crippen molar-refractivity contribution >= 4 is 29.3 Å². The van der Waals surface area contributed by atoms with Gasteiger partial charge in [-0.15, -0.1) is 0 Å². The Hall–Kier alpha value is -3.40. The first kappa shape index (κ1) is 24.7. The molecule has 0 saturated heterocycles. The maximum absolute atomic E-state index is 14.2. The van der Waals surface area contributed by atoms with E-state index in [2.05, 4.69) is 5.32 Å². The summed E-state index contributed by atoms with van der Waals surface area (Å²) in [5.74, 6) is -3.62. The predicted molar refractivity (Wildman–Crippen MR) is 126 cm³/mol. The minimum absolute atomic E-state index is 0.108. The Labute approximate surface area is 206 Å². The maximum Gasteiger partial charge on any atom is 0.274 e. The summed E-state index contributed by atoms with van der Waals surface area (Å²) in [6, 6.07) is 4.09. The monoisotopic (exact) mass is 504 g/mol. The molecule has 1 aliphatic heterocycles. The zero-order chi connectivity index (χ0) is 25.8. The molecule has 1 aromatic carbocycles. The molecule has 1 aliphatic carbocycles. The number of carbonyl (C=O) groups excluding carboxylic acids is 3. The van der Waals surface area contributed by atoms with E-state index in [-0.39, 0.29) is 41.3 Å². The summed E-state index contributed by atoms with van der Waals surface area (Å²) in [4.78, 5) is 54.8. The van der Waals surface area contributed by atoms with Gasteiger partial charge in [-0.05, 0) is 26.3 Å². The second kappa shape index (κ2) is 8.67. The number of nitrogens with one attached hydrogen (secondary N) is 1. The summed E-state index contributed by atoms with van der Waals surface area (Å²) in [5, 5.41) is 13.1. The van der Waals surface area contributed by atoms with Crippen LogP contribution < -0.4 is 10.7 Å². The first-order valence-electron chi connectivity index (χ1n) is 11.1. The van der Waals surface area contributed by atoms with Crippen LogP contribution in [-0.2, 0) is 16.9 Å². The summed E-state index contributed by atoms with van der Waals surface area (Å²) >= 11 is 5.78. The molecule has 3 amide bonds. The number of nitrogens with zero attached hydrogens (tertiary/aromatic N) is 3. The SMILES string of the molecule is CC(C)N1CC2(CC2C(=O)N(C)C)n2cc(C(=O)NCc3cccc(Cl)c3F)c(=O)c(O)c2C1=O. The molecule has 35 heavy (non-hydrogen) atoms. The van der Waals surface area contributed by atoms with E-state index in [0.717, 1.165) is 0 Å². The van der Waals surface area contributed by atoms with Gasteiger partial charge in [0, 0.05) is 45.0 Å². The van der Waals surface area contributed by atoms with E-state index in [0.29, 0.717) is 6.42 Å². The van der Waals surface area contributed by atoms with Crippen LogP contribution in [0, 0.1) is 11.7 Å². The maximum atomic E-state index is 14.2. The van der Waals surface area contributed by atoms with Crippen molar-refractivity contribution in [1.29, 1.82) is 0 Å². The van der Waals surface area contributed by atoms with Crippen molar-refractivity contribution in [2.24, 2.45) is 5.92 Å². The van der Waals surface area contributed by atoms with Gasteiger partial charge < -0.3 is 24.8 Å². The third kappa shape index (κ3) is 3.95. The molecule has 1 spiro atoms. The minimum atomic E-state index is -1.02. The van der Waals surface area contributed by atoms with E-state index in [1.54, 1.807) is 27.9 Å². The molecule has 2 atom stereocenters. The number of carbonyl (C=O) groups is 3. The lowest BCUT2D eigenvalue weighted by molar-refractivity contribution is -0.131. The summed E-state index contributed by atoms with van der Waals surface area (Å²) in [6.45, 7) is 3.55. The van der Waals surface area contributed by atoms with Crippen molar-refractivity contribution in [3.8, 4) is 5.75 Å². The first-order valence-corrected chi connectivity index (χ1v) is 11.5.